The minimum atomic E-state index is -1.65. The number of halogens is 4. The van der Waals surface area contributed by atoms with Crippen LogP contribution in [0.25, 0.3) is 11.1 Å². The molecule has 0 saturated heterocycles. The van der Waals surface area contributed by atoms with Crippen molar-refractivity contribution < 1.29 is 9.53 Å². The highest BCUT2D eigenvalue weighted by Crippen LogP contribution is 2.55. The molecule has 1 heterocycles. The molecule has 0 bridgehead atoms. The van der Waals surface area contributed by atoms with E-state index in [9.17, 15) is 4.79 Å². The van der Waals surface area contributed by atoms with Crippen molar-refractivity contribution in [2.24, 2.45) is 34.5 Å². The summed E-state index contributed by atoms with van der Waals surface area (Å²) in [6.07, 6.45) is 14.7. The molecule has 3 aliphatic rings. The molecule has 2 aliphatic carbocycles. The number of nitrogens with one attached hydrogen (secondary N) is 2. The Morgan fingerprint density at radius 2 is 0.986 bits per heavy atom. The van der Waals surface area contributed by atoms with Gasteiger partial charge in [-0.05, 0) is 144 Å². The smallest absolute Gasteiger partial charge is 0.341 e. The van der Waals surface area contributed by atoms with E-state index in [1.165, 1.54) is 11.1 Å². The van der Waals surface area contributed by atoms with Crippen molar-refractivity contribution in [3.05, 3.63) is 174 Å². The zero-order chi connectivity index (χ0) is 51.7. The lowest BCUT2D eigenvalue weighted by Gasteiger charge is -2.45. The fourth-order valence-corrected chi connectivity index (χ4v) is 13.3. The van der Waals surface area contributed by atoms with Crippen LogP contribution in [0.4, 0.5) is 11.4 Å². The van der Waals surface area contributed by atoms with Gasteiger partial charge in [-0.3, -0.25) is 0 Å². The van der Waals surface area contributed by atoms with Crippen LogP contribution in [-0.2, 0) is 23.2 Å². The predicted molar refractivity (Wildman–Crippen MR) is 308 cm³/mol. The van der Waals surface area contributed by atoms with Crippen LogP contribution in [0.3, 0.4) is 0 Å². The highest BCUT2D eigenvalue weighted by atomic mass is 35.5. The average Bonchev–Trinajstić information content (AvgIpc) is 3.64. The van der Waals surface area contributed by atoms with Crippen LogP contribution in [0.1, 0.15) is 170 Å². The number of rotatable bonds is 16. The minimum Gasteiger partial charge on any atom is -0.442 e. The first kappa shape index (κ1) is 54.1. The maximum atomic E-state index is 14.9. The largest absolute Gasteiger partial charge is 0.442 e. The van der Waals surface area contributed by atoms with E-state index in [4.69, 9.17) is 51.1 Å². The number of cyclic esters (lactones) is 1. The third kappa shape index (κ3) is 11.2. The van der Waals surface area contributed by atoms with E-state index in [0.717, 1.165) is 109 Å². The number of esters is 1. The van der Waals surface area contributed by atoms with Gasteiger partial charge in [-0.25, -0.2) is 4.79 Å². The Kier molecular flexibility index (Phi) is 16.8. The first-order chi connectivity index (χ1) is 34.3. The molecular weight excluding hydrogens is 971 g/mol. The molecule has 8 rings (SSSR count). The number of hydrogen-bond acceptors (Lipinski definition) is 4. The van der Waals surface area contributed by atoms with Gasteiger partial charge in [-0.1, -0.05) is 213 Å². The molecule has 0 amide bonds. The molecule has 0 aromatic heterocycles. The Labute approximate surface area is 451 Å². The van der Waals surface area contributed by atoms with Crippen molar-refractivity contribution in [2.45, 2.75) is 151 Å². The topological polar surface area (TPSA) is 50.4 Å². The van der Waals surface area contributed by atoms with E-state index in [0.29, 0.717) is 29.2 Å². The quantitative estimate of drug-likeness (QED) is 0.0587. The summed E-state index contributed by atoms with van der Waals surface area (Å²) in [5.41, 5.74) is 9.23. The lowest BCUT2D eigenvalue weighted by Crippen LogP contribution is -2.41. The SMILES string of the molecule is CCCCc1ccc(/C(=C\C2(/C=C(\c3ccc(CCCC)cc3)c3ccccc3NC3CC(C)C(C)C(C)(C)C3)OC(=O)c3c(Cl)c(Cl)c(Cl)c(Cl)c32)c2ccccc2NC2CC(C)C(C)C(C)(C)C2)cc1. The third-order valence-corrected chi connectivity index (χ3v) is 19.0. The molecule has 1 aliphatic heterocycles. The minimum absolute atomic E-state index is 0.00838. The lowest BCUT2D eigenvalue weighted by molar-refractivity contribution is 0.0300. The molecule has 5 aromatic carbocycles. The fourth-order valence-electron chi connectivity index (χ4n) is 12.2. The summed E-state index contributed by atoms with van der Waals surface area (Å²) in [7, 11) is 0. The van der Waals surface area contributed by atoms with Crippen LogP contribution in [-0.4, -0.2) is 18.1 Å². The standard InChI is InChI=1S/C64H76Cl4N2O2/c1-11-13-19-43-25-29-45(30-26-43)51(49-21-15-17-23-53(49)69-47-33-39(3)41(5)62(7,8)35-47)37-64(56-55(61(71)72-64)57(65)59(67)60(68)58(56)66)38-52(46-31-27-44(28-32-46)20-14-12-2)50-22-16-18-24-54(50)70-48-34-40(4)42(6)63(9,10)36-48/h15-18,21-32,37-42,47-48,69-70H,11-14,19-20,33-36H2,1-10H3/b51-37+,52-38+. The van der Waals surface area contributed by atoms with Gasteiger partial charge in [-0.15, -0.1) is 0 Å². The monoisotopic (exact) mass is 1040 g/mol. The van der Waals surface area contributed by atoms with Crippen molar-refractivity contribution in [1.29, 1.82) is 0 Å². The molecule has 382 valence electrons. The average molecular weight is 1050 g/mol. The fraction of sp³-hybridized carbons (Fsp3) is 0.453. The summed E-state index contributed by atoms with van der Waals surface area (Å²) in [5.74, 6) is 1.64. The molecule has 2 N–H and O–H groups in total. The Balaban J connectivity index is 1.42. The normalized spacial score (nSPS) is 24.9. The molecular formula is C64H76Cl4N2O2. The third-order valence-electron chi connectivity index (χ3n) is 17.2. The maximum Gasteiger partial charge on any atom is 0.341 e. The number of fused-ring (bicyclic) bond motifs is 1. The Hall–Kier alpha value is -4.19. The molecule has 0 spiro atoms. The summed E-state index contributed by atoms with van der Waals surface area (Å²) in [5, 5.41) is 8.31. The summed E-state index contributed by atoms with van der Waals surface area (Å²) in [6, 6.07) is 35.2. The van der Waals surface area contributed by atoms with Gasteiger partial charge in [0, 0.05) is 40.1 Å². The number of aryl methyl sites for hydroxylation is 2. The maximum absolute atomic E-state index is 14.9. The van der Waals surface area contributed by atoms with Gasteiger partial charge in [0.05, 0.1) is 25.7 Å². The molecule has 72 heavy (non-hydrogen) atoms. The van der Waals surface area contributed by atoms with Crippen molar-refractivity contribution in [3.8, 4) is 0 Å². The van der Waals surface area contributed by atoms with E-state index < -0.39 is 11.6 Å². The van der Waals surface area contributed by atoms with E-state index >= 15 is 0 Å². The number of ether oxygens (including phenoxy) is 1. The second kappa shape index (κ2) is 22.3. The number of carbonyl (C=O) groups excluding carboxylic acids is 1. The van der Waals surface area contributed by atoms with Crippen molar-refractivity contribution in [3.63, 3.8) is 0 Å². The second-order valence-electron chi connectivity index (χ2n) is 23.1. The van der Waals surface area contributed by atoms with Gasteiger partial charge in [0.15, 0.2) is 5.60 Å². The van der Waals surface area contributed by atoms with Crippen LogP contribution >= 0.6 is 46.4 Å². The molecule has 4 nitrogen and oxygen atoms in total. The van der Waals surface area contributed by atoms with Crippen molar-refractivity contribution in [2.75, 3.05) is 10.6 Å². The molecule has 8 heteroatoms. The van der Waals surface area contributed by atoms with Crippen LogP contribution in [0.5, 0.6) is 0 Å². The van der Waals surface area contributed by atoms with Gasteiger partial charge < -0.3 is 15.4 Å². The van der Waals surface area contributed by atoms with Gasteiger partial charge in [0.25, 0.3) is 0 Å². The zero-order valence-electron chi connectivity index (χ0n) is 44.3. The Morgan fingerprint density at radius 1 is 0.583 bits per heavy atom. The number of para-hydroxylation sites is 2. The van der Waals surface area contributed by atoms with E-state index in [2.05, 4.69) is 189 Å². The van der Waals surface area contributed by atoms with Gasteiger partial charge in [-0.2, -0.15) is 0 Å². The highest BCUT2D eigenvalue weighted by Gasteiger charge is 2.49. The van der Waals surface area contributed by atoms with Crippen molar-refractivity contribution >= 4 is 74.9 Å². The summed E-state index contributed by atoms with van der Waals surface area (Å²) in [4.78, 5) is 14.9. The van der Waals surface area contributed by atoms with Crippen LogP contribution in [0.15, 0.2) is 109 Å². The number of unbranched alkanes of at least 4 members (excludes halogenated alkanes) is 2. The molecule has 2 saturated carbocycles. The molecule has 2 fully saturated rings. The molecule has 0 radical (unpaired) electrons. The van der Waals surface area contributed by atoms with E-state index in [1.807, 2.05) is 0 Å². The van der Waals surface area contributed by atoms with Gasteiger partial charge in [0.1, 0.15) is 0 Å². The van der Waals surface area contributed by atoms with Crippen LogP contribution < -0.4 is 10.6 Å². The van der Waals surface area contributed by atoms with E-state index in [1.54, 1.807) is 0 Å². The lowest BCUT2D eigenvalue weighted by atomic mass is 9.63. The summed E-state index contributed by atoms with van der Waals surface area (Å²) < 4.78 is 6.96. The van der Waals surface area contributed by atoms with E-state index in [-0.39, 0.29) is 48.6 Å². The number of hydrogen-bond donors (Lipinski definition) is 2. The zero-order valence-corrected chi connectivity index (χ0v) is 47.3. The number of carbonyl (C=O) groups is 1. The first-order valence-electron chi connectivity index (χ1n) is 26.7. The predicted octanol–water partition coefficient (Wildman–Crippen LogP) is 19.4. The van der Waals surface area contributed by atoms with Gasteiger partial charge >= 0.3 is 5.97 Å². The summed E-state index contributed by atoms with van der Waals surface area (Å²) >= 11 is 28.5. The van der Waals surface area contributed by atoms with Crippen molar-refractivity contribution in [1.82, 2.24) is 0 Å². The van der Waals surface area contributed by atoms with Gasteiger partial charge in [0.2, 0.25) is 0 Å². The summed E-state index contributed by atoms with van der Waals surface area (Å²) in [6.45, 7) is 23.6. The van der Waals surface area contributed by atoms with Crippen LogP contribution in [0, 0.1) is 34.5 Å². The Bertz CT molecular complexity index is 2660. The number of anilines is 2. The molecule has 6 atom stereocenters. The second-order valence-corrected chi connectivity index (χ2v) is 24.6. The highest BCUT2D eigenvalue weighted by molar-refractivity contribution is 6.53. The first-order valence-corrected chi connectivity index (χ1v) is 28.2. The molecule has 5 aromatic rings. The van der Waals surface area contributed by atoms with Crippen LogP contribution in [0.2, 0.25) is 20.1 Å². The number of benzene rings is 5. The Morgan fingerprint density at radius 3 is 1.39 bits per heavy atom. The molecule has 6 unspecified atom stereocenters.